The minimum absolute atomic E-state index is 0.116. The van der Waals surface area contributed by atoms with Crippen LogP contribution >= 0.6 is 0 Å². The lowest BCUT2D eigenvalue weighted by Crippen LogP contribution is -2.21. The Kier molecular flexibility index (Phi) is 6.00. The fourth-order valence-corrected chi connectivity index (χ4v) is 1.68. The summed E-state index contributed by atoms with van der Waals surface area (Å²) in [5.74, 6) is 0. The van der Waals surface area contributed by atoms with Gasteiger partial charge >= 0.3 is 0 Å². The van der Waals surface area contributed by atoms with E-state index in [-0.39, 0.29) is 6.29 Å². The van der Waals surface area contributed by atoms with E-state index >= 15 is 0 Å². The van der Waals surface area contributed by atoms with Crippen LogP contribution in [-0.4, -0.2) is 35.8 Å². The van der Waals surface area contributed by atoms with Crippen LogP contribution in [-0.2, 0) is 16.5 Å². The molecule has 0 aromatic carbocycles. The Hall–Kier alpha value is -1.07. The summed E-state index contributed by atoms with van der Waals surface area (Å²) in [5.41, 5.74) is 2.08. The van der Waals surface area contributed by atoms with Gasteiger partial charge in [0, 0.05) is 39.4 Å². The molecule has 0 aliphatic rings. The molecule has 0 amide bonds. The van der Waals surface area contributed by atoms with Crippen LogP contribution < -0.4 is 5.32 Å². The molecule has 0 aliphatic carbocycles. The molecular weight excluding hydrogens is 218 g/mol. The summed E-state index contributed by atoms with van der Waals surface area (Å²) < 4.78 is 12.8. The number of nitrogens with one attached hydrogen (secondary N) is 1. The Labute approximate surface area is 103 Å². The van der Waals surface area contributed by atoms with E-state index in [0.29, 0.717) is 13.2 Å². The molecule has 0 saturated carbocycles. The summed E-state index contributed by atoms with van der Waals surface area (Å²) >= 11 is 0. The molecule has 0 bridgehead atoms. The van der Waals surface area contributed by atoms with E-state index in [9.17, 15) is 0 Å². The molecule has 0 atom stereocenters. The highest BCUT2D eigenvalue weighted by atomic mass is 16.7. The SMILES string of the molecule is CCOC(CCNc1cn(C)nc1C)OCC. The highest BCUT2D eigenvalue weighted by Gasteiger charge is 2.08. The van der Waals surface area contributed by atoms with E-state index in [1.807, 2.05) is 34.0 Å². The molecule has 17 heavy (non-hydrogen) atoms. The first-order valence-electron chi connectivity index (χ1n) is 6.14. The van der Waals surface area contributed by atoms with Gasteiger partial charge in [-0.3, -0.25) is 4.68 Å². The van der Waals surface area contributed by atoms with Crippen molar-refractivity contribution in [3.05, 3.63) is 11.9 Å². The predicted octanol–water partition coefficient (Wildman–Crippen LogP) is 1.93. The lowest BCUT2D eigenvalue weighted by Gasteiger charge is -2.17. The molecule has 98 valence electrons. The van der Waals surface area contributed by atoms with Crippen molar-refractivity contribution in [3.63, 3.8) is 0 Å². The molecular formula is C12H23N3O2. The van der Waals surface area contributed by atoms with Crippen LogP contribution in [0.2, 0.25) is 0 Å². The topological polar surface area (TPSA) is 48.3 Å². The highest BCUT2D eigenvalue weighted by Crippen LogP contribution is 2.11. The Morgan fingerprint density at radius 2 is 2.00 bits per heavy atom. The van der Waals surface area contributed by atoms with E-state index in [1.165, 1.54) is 0 Å². The maximum absolute atomic E-state index is 5.47. The van der Waals surface area contributed by atoms with E-state index in [4.69, 9.17) is 9.47 Å². The van der Waals surface area contributed by atoms with Crippen molar-refractivity contribution in [1.82, 2.24) is 9.78 Å². The number of aromatic nitrogens is 2. The summed E-state index contributed by atoms with van der Waals surface area (Å²) in [6.45, 7) is 8.12. The van der Waals surface area contributed by atoms with Gasteiger partial charge in [0.25, 0.3) is 0 Å². The van der Waals surface area contributed by atoms with Gasteiger partial charge in [-0.1, -0.05) is 0 Å². The monoisotopic (exact) mass is 241 g/mol. The van der Waals surface area contributed by atoms with Crippen molar-refractivity contribution in [2.45, 2.75) is 33.5 Å². The van der Waals surface area contributed by atoms with Crippen molar-refractivity contribution in [1.29, 1.82) is 0 Å². The molecule has 5 nitrogen and oxygen atoms in total. The molecule has 1 heterocycles. The van der Waals surface area contributed by atoms with E-state index < -0.39 is 0 Å². The minimum atomic E-state index is -0.116. The zero-order chi connectivity index (χ0) is 12.7. The second-order valence-corrected chi connectivity index (χ2v) is 3.86. The second-order valence-electron chi connectivity index (χ2n) is 3.86. The summed E-state index contributed by atoms with van der Waals surface area (Å²) in [5, 5.41) is 7.61. The molecule has 0 fully saturated rings. The average molecular weight is 241 g/mol. The van der Waals surface area contributed by atoms with Crippen LogP contribution in [0.1, 0.15) is 26.0 Å². The first-order chi connectivity index (χ1) is 8.17. The highest BCUT2D eigenvalue weighted by molar-refractivity contribution is 5.45. The van der Waals surface area contributed by atoms with Gasteiger partial charge in [0.1, 0.15) is 0 Å². The molecule has 0 saturated heterocycles. The normalized spacial score (nSPS) is 11.1. The predicted molar refractivity (Wildman–Crippen MR) is 68.1 cm³/mol. The van der Waals surface area contributed by atoms with Crippen LogP contribution in [0.15, 0.2) is 6.20 Å². The van der Waals surface area contributed by atoms with Gasteiger partial charge in [0.05, 0.1) is 11.4 Å². The number of hydrogen-bond donors (Lipinski definition) is 1. The van der Waals surface area contributed by atoms with E-state index in [2.05, 4.69) is 10.4 Å². The summed E-state index contributed by atoms with van der Waals surface area (Å²) in [4.78, 5) is 0. The summed E-state index contributed by atoms with van der Waals surface area (Å²) in [6, 6.07) is 0. The molecule has 1 N–H and O–H groups in total. The third-order valence-electron chi connectivity index (χ3n) is 2.41. The molecule has 5 heteroatoms. The summed E-state index contributed by atoms with van der Waals surface area (Å²) in [7, 11) is 1.92. The second kappa shape index (κ2) is 7.29. The number of ether oxygens (including phenoxy) is 2. The fraction of sp³-hybridized carbons (Fsp3) is 0.750. The molecule has 0 aliphatic heterocycles. The molecule has 0 radical (unpaired) electrons. The van der Waals surface area contributed by atoms with Crippen molar-refractivity contribution in [3.8, 4) is 0 Å². The lowest BCUT2D eigenvalue weighted by molar-refractivity contribution is -0.137. The van der Waals surface area contributed by atoms with Crippen LogP contribution in [0.3, 0.4) is 0 Å². The number of hydrogen-bond acceptors (Lipinski definition) is 4. The number of rotatable bonds is 8. The van der Waals surface area contributed by atoms with Crippen molar-refractivity contribution in [2.75, 3.05) is 25.1 Å². The number of anilines is 1. The maximum Gasteiger partial charge on any atom is 0.159 e. The standard InChI is InChI=1S/C12H23N3O2/c1-5-16-12(17-6-2)7-8-13-11-9-15(4)14-10(11)3/h9,12-13H,5-8H2,1-4H3. The van der Waals surface area contributed by atoms with Gasteiger partial charge < -0.3 is 14.8 Å². The fourth-order valence-electron chi connectivity index (χ4n) is 1.68. The van der Waals surface area contributed by atoms with Crippen LogP contribution in [0.4, 0.5) is 5.69 Å². The van der Waals surface area contributed by atoms with Gasteiger partial charge in [-0.2, -0.15) is 5.10 Å². The minimum Gasteiger partial charge on any atom is -0.382 e. The van der Waals surface area contributed by atoms with Crippen molar-refractivity contribution in [2.24, 2.45) is 7.05 Å². The quantitative estimate of drug-likeness (QED) is 0.706. The molecule has 1 aromatic rings. The largest absolute Gasteiger partial charge is 0.382 e. The smallest absolute Gasteiger partial charge is 0.159 e. The Morgan fingerprint density at radius 1 is 1.35 bits per heavy atom. The lowest BCUT2D eigenvalue weighted by atomic mass is 10.3. The van der Waals surface area contributed by atoms with Crippen LogP contribution in [0.25, 0.3) is 0 Å². The third kappa shape index (κ3) is 4.75. The van der Waals surface area contributed by atoms with E-state index in [0.717, 1.165) is 24.3 Å². The molecule has 1 aromatic heterocycles. The van der Waals surface area contributed by atoms with Crippen LogP contribution in [0.5, 0.6) is 0 Å². The molecule has 1 rings (SSSR count). The number of aryl methyl sites for hydroxylation is 2. The Balaban J connectivity index is 2.32. The van der Waals surface area contributed by atoms with Crippen LogP contribution in [0, 0.1) is 6.92 Å². The van der Waals surface area contributed by atoms with Crippen molar-refractivity contribution < 1.29 is 9.47 Å². The molecule has 0 unspecified atom stereocenters. The zero-order valence-electron chi connectivity index (χ0n) is 11.2. The van der Waals surface area contributed by atoms with Gasteiger partial charge in [-0.25, -0.2) is 0 Å². The van der Waals surface area contributed by atoms with Gasteiger partial charge in [-0.05, 0) is 20.8 Å². The van der Waals surface area contributed by atoms with Gasteiger partial charge in [-0.15, -0.1) is 0 Å². The maximum atomic E-state index is 5.47. The average Bonchev–Trinajstić information content (AvgIpc) is 2.58. The first-order valence-corrected chi connectivity index (χ1v) is 6.14. The van der Waals surface area contributed by atoms with Gasteiger partial charge in [0.2, 0.25) is 0 Å². The Bertz CT molecular complexity index is 320. The number of nitrogens with zero attached hydrogens (tertiary/aromatic N) is 2. The Morgan fingerprint density at radius 3 is 2.47 bits per heavy atom. The zero-order valence-corrected chi connectivity index (χ0v) is 11.2. The van der Waals surface area contributed by atoms with Crippen molar-refractivity contribution >= 4 is 5.69 Å². The third-order valence-corrected chi connectivity index (χ3v) is 2.41. The first kappa shape index (κ1) is 14.0. The summed E-state index contributed by atoms with van der Waals surface area (Å²) in [6.07, 6.45) is 2.69. The van der Waals surface area contributed by atoms with E-state index in [1.54, 1.807) is 4.68 Å². The van der Waals surface area contributed by atoms with Gasteiger partial charge in [0.15, 0.2) is 6.29 Å². The molecule has 0 spiro atoms.